The molecule has 0 heterocycles. The van der Waals surface area contributed by atoms with Crippen molar-refractivity contribution in [1.29, 1.82) is 0 Å². The van der Waals surface area contributed by atoms with Gasteiger partial charge in [0.1, 0.15) is 0 Å². The summed E-state index contributed by atoms with van der Waals surface area (Å²) in [6.45, 7) is 2.20. The van der Waals surface area contributed by atoms with Gasteiger partial charge >= 0.3 is 0 Å². The predicted molar refractivity (Wildman–Crippen MR) is 101 cm³/mol. The van der Waals surface area contributed by atoms with Crippen LogP contribution in [0, 0.1) is 6.92 Å². The van der Waals surface area contributed by atoms with Crippen molar-refractivity contribution in [1.82, 2.24) is 0 Å². The van der Waals surface area contributed by atoms with E-state index in [0.29, 0.717) is 0 Å². The summed E-state index contributed by atoms with van der Waals surface area (Å²) in [4.78, 5) is 2.27. The number of benzene rings is 4. The van der Waals surface area contributed by atoms with Crippen molar-refractivity contribution < 1.29 is 0 Å². The van der Waals surface area contributed by atoms with Crippen LogP contribution in [-0.2, 0) is 0 Å². The number of rotatable bonds is 2. The van der Waals surface area contributed by atoms with E-state index in [2.05, 4.69) is 97.7 Å². The summed E-state index contributed by atoms with van der Waals surface area (Å²) in [6.07, 6.45) is 0. The van der Waals surface area contributed by atoms with Gasteiger partial charge in [-0.05, 0) is 52.2 Å². The fraction of sp³-hybridized carbons (Fsp3) is 0.0909. The van der Waals surface area contributed by atoms with Crippen molar-refractivity contribution in [2.75, 3.05) is 11.9 Å². The second kappa shape index (κ2) is 5.44. The Morgan fingerprint density at radius 2 is 1.30 bits per heavy atom. The molecule has 0 radical (unpaired) electrons. The molecule has 0 fully saturated rings. The molecule has 0 amide bonds. The Hall–Kier alpha value is -2.80. The van der Waals surface area contributed by atoms with E-state index in [-0.39, 0.29) is 0 Å². The van der Waals surface area contributed by atoms with Crippen molar-refractivity contribution in [3.63, 3.8) is 0 Å². The van der Waals surface area contributed by atoms with E-state index in [9.17, 15) is 0 Å². The van der Waals surface area contributed by atoms with Crippen LogP contribution in [-0.4, -0.2) is 7.05 Å². The lowest BCUT2D eigenvalue weighted by Gasteiger charge is -2.23. The van der Waals surface area contributed by atoms with Crippen molar-refractivity contribution >= 4 is 32.9 Å². The van der Waals surface area contributed by atoms with E-state index in [1.165, 1.54) is 38.5 Å². The maximum absolute atomic E-state index is 2.27. The van der Waals surface area contributed by atoms with E-state index >= 15 is 0 Å². The monoisotopic (exact) mass is 297 g/mol. The lowest BCUT2D eigenvalue weighted by atomic mass is 10.0. The molecule has 0 aliphatic carbocycles. The molecule has 0 saturated carbocycles. The molecule has 0 aromatic heterocycles. The third kappa shape index (κ3) is 2.35. The zero-order valence-corrected chi connectivity index (χ0v) is 13.5. The van der Waals surface area contributed by atoms with Gasteiger partial charge in [-0.15, -0.1) is 0 Å². The highest BCUT2D eigenvalue weighted by Crippen LogP contribution is 2.33. The topological polar surface area (TPSA) is 3.24 Å². The van der Waals surface area contributed by atoms with Gasteiger partial charge < -0.3 is 4.90 Å². The minimum Gasteiger partial charge on any atom is -0.344 e. The van der Waals surface area contributed by atoms with Crippen LogP contribution in [0.1, 0.15) is 5.56 Å². The van der Waals surface area contributed by atoms with Crippen LogP contribution in [0.5, 0.6) is 0 Å². The first-order chi connectivity index (χ1) is 11.2. The number of hydrogen-bond donors (Lipinski definition) is 0. The van der Waals surface area contributed by atoms with Crippen LogP contribution in [0.3, 0.4) is 0 Å². The molecule has 0 unspecified atom stereocenters. The maximum Gasteiger partial charge on any atom is 0.0444 e. The van der Waals surface area contributed by atoms with E-state index in [1.807, 2.05) is 0 Å². The fourth-order valence-corrected chi connectivity index (χ4v) is 3.30. The Morgan fingerprint density at radius 1 is 0.652 bits per heavy atom. The number of anilines is 2. The summed E-state index contributed by atoms with van der Waals surface area (Å²) in [7, 11) is 2.14. The third-order valence-corrected chi connectivity index (χ3v) is 4.65. The highest BCUT2D eigenvalue weighted by atomic mass is 15.1. The third-order valence-electron chi connectivity index (χ3n) is 4.65. The van der Waals surface area contributed by atoms with Gasteiger partial charge in [-0.3, -0.25) is 0 Å². The van der Waals surface area contributed by atoms with Gasteiger partial charge in [0.05, 0.1) is 0 Å². The molecule has 0 spiro atoms. The minimum absolute atomic E-state index is 1.21. The fourth-order valence-electron chi connectivity index (χ4n) is 3.30. The first-order valence-electron chi connectivity index (χ1n) is 7.95. The lowest BCUT2D eigenvalue weighted by molar-refractivity contribution is 1.20. The van der Waals surface area contributed by atoms with Crippen LogP contribution in [0.25, 0.3) is 21.5 Å². The Labute approximate surface area is 136 Å². The summed E-state index contributed by atoms with van der Waals surface area (Å²) >= 11 is 0. The first kappa shape index (κ1) is 13.8. The zero-order valence-electron chi connectivity index (χ0n) is 13.5. The molecular formula is C22H19N. The standard InChI is InChI=1S/C22H19N/c1-16-21-10-6-5-8-18(21)12-14-22(16)23(2)20-13-11-17-7-3-4-9-19(17)15-20/h3-15H,1-2H3. The molecule has 0 bridgehead atoms. The molecule has 0 aliphatic rings. The highest BCUT2D eigenvalue weighted by molar-refractivity contribution is 5.92. The van der Waals surface area contributed by atoms with E-state index in [0.717, 1.165) is 0 Å². The summed E-state index contributed by atoms with van der Waals surface area (Å²) in [5.41, 5.74) is 3.78. The van der Waals surface area contributed by atoms with Crippen LogP contribution in [0.2, 0.25) is 0 Å². The summed E-state index contributed by atoms with van der Waals surface area (Å²) in [5, 5.41) is 5.16. The number of nitrogens with zero attached hydrogens (tertiary/aromatic N) is 1. The predicted octanol–water partition coefficient (Wildman–Crippen LogP) is 6.07. The van der Waals surface area contributed by atoms with Crippen molar-refractivity contribution in [3.8, 4) is 0 Å². The second-order valence-corrected chi connectivity index (χ2v) is 6.02. The number of aryl methyl sites for hydroxylation is 1. The number of hydrogen-bond acceptors (Lipinski definition) is 1. The highest BCUT2D eigenvalue weighted by Gasteiger charge is 2.10. The van der Waals surface area contributed by atoms with Crippen LogP contribution in [0.4, 0.5) is 11.4 Å². The molecule has 0 aliphatic heterocycles. The summed E-state index contributed by atoms with van der Waals surface area (Å²) in [6, 6.07) is 28.1. The molecule has 23 heavy (non-hydrogen) atoms. The molecule has 0 saturated heterocycles. The molecule has 1 heteroatoms. The van der Waals surface area contributed by atoms with Gasteiger partial charge in [0, 0.05) is 18.4 Å². The van der Waals surface area contributed by atoms with Crippen LogP contribution < -0.4 is 4.90 Å². The van der Waals surface area contributed by atoms with Gasteiger partial charge in [-0.2, -0.15) is 0 Å². The molecule has 4 aromatic rings. The number of fused-ring (bicyclic) bond motifs is 2. The normalized spacial score (nSPS) is 11.0. The molecule has 4 rings (SSSR count). The van der Waals surface area contributed by atoms with Gasteiger partial charge in [0.15, 0.2) is 0 Å². The van der Waals surface area contributed by atoms with E-state index < -0.39 is 0 Å². The lowest BCUT2D eigenvalue weighted by Crippen LogP contribution is -2.10. The zero-order chi connectivity index (χ0) is 15.8. The quantitative estimate of drug-likeness (QED) is 0.434. The summed E-state index contributed by atoms with van der Waals surface area (Å²) in [5.74, 6) is 0. The average Bonchev–Trinajstić information content (AvgIpc) is 2.61. The van der Waals surface area contributed by atoms with Crippen LogP contribution >= 0.6 is 0 Å². The smallest absolute Gasteiger partial charge is 0.0444 e. The molecule has 112 valence electrons. The molecule has 4 aromatic carbocycles. The van der Waals surface area contributed by atoms with Crippen LogP contribution in [0.15, 0.2) is 78.9 Å². The van der Waals surface area contributed by atoms with Gasteiger partial charge in [-0.25, -0.2) is 0 Å². The SMILES string of the molecule is Cc1c(N(C)c2ccc3ccccc3c2)ccc2ccccc12. The van der Waals surface area contributed by atoms with Gasteiger partial charge in [0.2, 0.25) is 0 Å². The largest absolute Gasteiger partial charge is 0.344 e. The van der Waals surface area contributed by atoms with Gasteiger partial charge in [0.25, 0.3) is 0 Å². The van der Waals surface area contributed by atoms with E-state index in [4.69, 9.17) is 0 Å². The average molecular weight is 297 g/mol. The van der Waals surface area contributed by atoms with Crippen molar-refractivity contribution in [2.24, 2.45) is 0 Å². The van der Waals surface area contributed by atoms with E-state index in [1.54, 1.807) is 0 Å². The molecule has 0 atom stereocenters. The minimum atomic E-state index is 1.21. The Morgan fingerprint density at radius 3 is 2.13 bits per heavy atom. The molecule has 1 nitrogen and oxygen atoms in total. The first-order valence-corrected chi connectivity index (χ1v) is 7.95. The molecule has 0 N–H and O–H groups in total. The second-order valence-electron chi connectivity index (χ2n) is 6.02. The Bertz CT molecular complexity index is 1000. The van der Waals surface area contributed by atoms with Gasteiger partial charge in [-0.1, -0.05) is 60.7 Å². The van der Waals surface area contributed by atoms with Crippen molar-refractivity contribution in [2.45, 2.75) is 6.92 Å². The summed E-state index contributed by atoms with van der Waals surface area (Å²) < 4.78 is 0. The Kier molecular flexibility index (Phi) is 3.27. The van der Waals surface area contributed by atoms with Crippen molar-refractivity contribution in [3.05, 3.63) is 84.4 Å². The molecular weight excluding hydrogens is 278 g/mol. The maximum atomic E-state index is 2.27. The Balaban J connectivity index is 1.84.